The molecule has 0 amide bonds. The number of para-hydroxylation sites is 2. The number of rotatable bonds is 4. The Balaban J connectivity index is 2.23. The minimum absolute atomic E-state index is 0.0484. The Hall–Kier alpha value is -3.82. The average Bonchev–Trinajstić information content (AvgIpc) is 2.63. The molecule has 0 saturated carbocycles. The number of aromatic nitrogens is 2. The summed E-state index contributed by atoms with van der Waals surface area (Å²) in [5, 5.41) is 22.5. The Morgan fingerprint density at radius 1 is 1.04 bits per heavy atom. The Labute approximate surface area is 154 Å². The molecule has 0 bridgehead atoms. The van der Waals surface area contributed by atoms with Crippen molar-refractivity contribution in [2.75, 3.05) is 0 Å². The van der Waals surface area contributed by atoms with E-state index >= 15 is 0 Å². The number of benzene rings is 2. The Kier molecular flexibility index (Phi) is 4.78. The molecule has 3 rings (SSSR count). The van der Waals surface area contributed by atoms with Crippen LogP contribution in [0.5, 0.6) is 11.5 Å². The minimum atomic E-state index is -4.92. The van der Waals surface area contributed by atoms with Gasteiger partial charge in [-0.15, -0.1) is 13.2 Å². The molecule has 2 aromatic carbocycles. The maximum absolute atomic E-state index is 12.7. The molecule has 0 fully saturated rings. The smallest absolute Gasteiger partial charge is 0.503 e. The summed E-state index contributed by atoms with van der Waals surface area (Å²) in [5.74, 6) is -3.01. The van der Waals surface area contributed by atoms with E-state index in [1.54, 1.807) is 6.07 Å². The molecule has 0 radical (unpaired) electrons. The molecule has 1 heterocycles. The quantitative estimate of drug-likeness (QED) is 0.707. The second-order valence-corrected chi connectivity index (χ2v) is 5.50. The van der Waals surface area contributed by atoms with Crippen LogP contribution in [-0.4, -0.2) is 32.3 Å². The zero-order valence-electron chi connectivity index (χ0n) is 13.8. The molecule has 0 spiro atoms. The van der Waals surface area contributed by atoms with E-state index in [2.05, 4.69) is 9.84 Å². The second kappa shape index (κ2) is 7.06. The molecule has 1 aromatic heterocycles. The van der Waals surface area contributed by atoms with Crippen LogP contribution in [0.1, 0.15) is 10.5 Å². The molecule has 2 N–H and O–H groups in total. The van der Waals surface area contributed by atoms with Gasteiger partial charge >= 0.3 is 12.3 Å². The number of ether oxygens (including phenoxy) is 1. The van der Waals surface area contributed by atoms with E-state index < -0.39 is 35.0 Å². The Bertz CT molecular complexity index is 1110. The lowest BCUT2D eigenvalue weighted by Crippen LogP contribution is -2.21. The average molecular weight is 392 g/mol. The fourth-order valence-electron chi connectivity index (χ4n) is 2.55. The summed E-state index contributed by atoms with van der Waals surface area (Å²) in [4.78, 5) is 22.9. The van der Waals surface area contributed by atoms with Crippen molar-refractivity contribution < 1.29 is 32.9 Å². The summed E-state index contributed by atoms with van der Waals surface area (Å²) in [6.45, 7) is 0. The molecule has 28 heavy (non-hydrogen) atoms. The van der Waals surface area contributed by atoms with Crippen LogP contribution in [0.15, 0.2) is 59.5 Å². The van der Waals surface area contributed by atoms with Gasteiger partial charge in [0.25, 0.3) is 5.43 Å². The number of hydrogen-bond acceptors (Lipinski definition) is 5. The van der Waals surface area contributed by atoms with Gasteiger partial charge in [0.1, 0.15) is 5.75 Å². The van der Waals surface area contributed by atoms with E-state index in [1.807, 2.05) is 0 Å². The minimum Gasteiger partial charge on any atom is -0.503 e. The molecule has 0 aliphatic heterocycles. The highest BCUT2D eigenvalue weighted by atomic mass is 19.4. The maximum atomic E-state index is 12.7. The predicted molar refractivity (Wildman–Crippen MR) is 90.6 cm³/mol. The first-order chi connectivity index (χ1) is 13.2. The molecule has 7 nitrogen and oxygen atoms in total. The number of aromatic hydroxyl groups is 1. The van der Waals surface area contributed by atoms with Gasteiger partial charge < -0.3 is 14.9 Å². The first kappa shape index (κ1) is 19.0. The van der Waals surface area contributed by atoms with E-state index in [4.69, 9.17) is 5.11 Å². The Morgan fingerprint density at radius 2 is 1.64 bits per heavy atom. The summed E-state index contributed by atoms with van der Waals surface area (Å²) in [5.41, 5.74) is -1.74. The van der Waals surface area contributed by atoms with Gasteiger partial charge in [0.2, 0.25) is 5.69 Å². The van der Waals surface area contributed by atoms with Crippen LogP contribution in [0, 0.1) is 0 Å². The number of carbonyl (C=O) groups is 1. The molecule has 0 aliphatic rings. The monoisotopic (exact) mass is 392 g/mol. The van der Waals surface area contributed by atoms with Crippen LogP contribution in [0.25, 0.3) is 16.8 Å². The van der Waals surface area contributed by atoms with Crippen LogP contribution in [0.3, 0.4) is 0 Å². The van der Waals surface area contributed by atoms with Crippen molar-refractivity contribution in [1.29, 1.82) is 0 Å². The third-order valence-corrected chi connectivity index (χ3v) is 3.66. The van der Waals surface area contributed by atoms with Crippen molar-refractivity contribution in [1.82, 2.24) is 9.78 Å². The van der Waals surface area contributed by atoms with Gasteiger partial charge in [0, 0.05) is 11.1 Å². The zero-order chi connectivity index (χ0) is 20.5. The summed E-state index contributed by atoms with van der Waals surface area (Å²) >= 11 is 0. The zero-order valence-corrected chi connectivity index (χ0v) is 13.8. The molecular weight excluding hydrogens is 381 g/mol. The summed E-state index contributed by atoms with van der Waals surface area (Å²) in [7, 11) is 0. The highest BCUT2D eigenvalue weighted by Gasteiger charge is 2.32. The van der Waals surface area contributed by atoms with Crippen molar-refractivity contribution in [3.8, 4) is 28.3 Å². The van der Waals surface area contributed by atoms with Gasteiger partial charge in [-0.05, 0) is 12.1 Å². The van der Waals surface area contributed by atoms with Crippen LogP contribution < -0.4 is 10.2 Å². The first-order valence-electron chi connectivity index (χ1n) is 7.68. The lowest BCUT2D eigenvalue weighted by atomic mass is 10.0. The van der Waals surface area contributed by atoms with E-state index in [0.29, 0.717) is 0 Å². The molecule has 0 unspecified atom stereocenters. The number of nitrogens with zero attached hydrogens (tertiary/aromatic N) is 2. The summed E-state index contributed by atoms with van der Waals surface area (Å²) in [6.07, 6.45) is -4.05. The van der Waals surface area contributed by atoms with E-state index in [9.17, 15) is 27.9 Å². The van der Waals surface area contributed by atoms with E-state index in [0.717, 1.165) is 16.9 Å². The van der Waals surface area contributed by atoms with Crippen molar-refractivity contribution >= 4 is 5.97 Å². The molecule has 3 aromatic rings. The van der Waals surface area contributed by atoms with Crippen molar-refractivity contribution in [3.05, 3.63) is 70.6 Å². The highest BCUT2D eigenvalue weighted by Crippen LogP contribution is 2.36. The van der Waals surface area contributed by atoms with E-state index in [1.165, 1.54) is 36.4 Å². The van der Waals surface area contributed by atoms with Gasteiger partial charge in [-0.3, -0.25) is 4.79 Å². The second-order valence-electron chi connectivity index (χ2n) is 5.50. The number of carboxylic acids is 1. The Morgan fingerprint density at radius 3 is 2.29 bits per heavy atom. The number of halogens is 3. The van der Waals surface area contributed by atoms with Crippen LogP contribution in [0.4, 0.5) is 13.2 Å². The SMILES string of the molecule is O=C(O)c1nn(-c2ccccc2-c2ccccc2OC(F)(F)F)cc(O)c1=O. The first-order valence-corrected chi connectivity index (χ1v) is 7.68. The standard InChI is InChI=1S/C18H11F3N2O5/c19-18(20,21)28-14-8-4-2-6-11(14)10-5-1-3-7-12(10)23-9-13(24)16(25)15(22-23)17(26)27/h1-9,24H,(H,26,27). The van der Waals surface area contributed by atoms with Crippen molar-refractivity contribution in [2.24, 2.45) is 0 Å². The third kappa shape index (κ3) is 3.80. The number of carboxylic acid groups (broad SMARTS) is 1. The van der Waals surface area contributed by atoms with E-state index in [-0.39, 0.29) is 16.8 Å². The van der Waals surface area contributed by atoms with Gasteiger partial charge in [-0.2, -0.15) is 5.10 Å². The van der Waals surface area contributed by atoms with Crippen molar-refractivity contribution in [3.63, 3.8) is 0 Å². The summed E-state index contributed by atoms with van der Waals surface area (Å²) in [6, 6.07) is 11.3. The lowest BCUT2D eigenvalue weighted by Gasteiger charge is -2.16. The van der Waals surface area contributed by atoms with Gasteiger partial charge in [0.15, 0.2) is 5.75 Å². The third-order valence-electron chi connectivity index (χ3n) is 3.66. The predicted octanol–water partition coefficient (Wildman–Crippen LogP) is 3.20. The molecule has 144 valence electrons. The normalized spacial score (nSPS) is 11.2. The molecule has 0 atom stereocenters. The van der Waals surface area contributed by atoms with Gasteiger partial charge in [-0.1, -0.05) is 36.4 Å². The molecule has 0 saturated heterocycles. The highest BCUT2D eigenvalue weighted by molar-refractivity contribution is 5.85. The number of alkyl halides is 3. The lowest BCUT2D eigenvalue weighted by molar-refractivity contribution is -0.274. The number of hydrogen-bond donors (Lipinski definition) is 2. The molecule has 10 heteroatoms. The number of aromatic carboxylic acids is 1. The summed E-state index contributed by atoms with van der Waals surface area (Å²) < 4.78 is 43.1. The largest absolute Gasteiger partial charge is 0.573 e. The van der Waals surface area contributed by atoms with Gasteiger partial charge in [-0.25, -0.2) is 9.48 Å². The van der Waals surface area contributed by atoms with Crippen LogP contribution in [0.2, 0.25) is 0 Å². The fraction of sp³-hybridized carbons (Fsp3) is 0.0556. The van der Waals surface area contributed by atoms with Crippen molar-refractivity contribution in [2.45, 2.75) is 6.36 Å². The molecule has 0 aliphatic carbocycles. The van der Waals surface area contributed by atoms with Crippen LogP contribution in [-0.2, 0) is 0 Å². The topological polar surface area (TPSA) is 102 Å². The molecular formula is C18H11F3N2O5. The van der Waals surface area contributed by atoms with Crippen LogP contribution >= 0.6 is 0 Å². The van der Waals surface area contributed by atoms with Gasteiger partial charge in [0.05, 0.1) is 11.9 Å². The fourth-order valence-corrected chi connectivity index (χ4v) is 2.55. The maximum Gasteiger partial charge on any atom is 0.573 e.